The summed E-state index contributed by atoms with van der Waals surface area (Å²) in [6, 6.07) is 22.0. The fourth-order valence-electron chi connectivity index (χ4n) is 3.52. The summed E-state index contributed by atoms with van der Waals surface area (Å²) >= 11 is 7.63. The molecule has 3 aromatic carbocycles. The Morgan fingerprint density at radius 1 is 1.05 bits per heavy atom. The van der Waals surface area contributed by atoms with E-state index in [-0.39, 0.29) is 18.1 Å². The summed E-state index contributed by atoms with van der Waals surface area (Å²) in [5.74, 6) is -1.03. The molecule has 0 saturated heterocycles. The van der Waals surface area contributed by atoms with Crippen LogP contribution in [-0.4, -0.2) is 27.9 Å². The maximum Gasteiger partial charge on any atom is 0.355 e. The standard InChI is InChI=1S/C27H18ClFN4O3S/c28-24-20-6-2-4-8-23(20)37-25(24)27(35)36-19-11-9-17(10-12-19)15-30-31-26(34)22-13-14-33(32-22)16-18-5-1-3-7-21(18)29/h1-15H,16H2,(H,31,34)/b30-15+. The Bertz CT molecular complexity index is 1630. The third-order valence-electron chi connectivity index (χ3n) is 5.35. The fourth-order valence-corrected chi connectivity index (χ4v) is 4.90. The Morgan fingerprint density at radius 2 is 1.81 bits per heavy atom. The van der Waals surface area contributed by atoms with Gasteiger partial charge in [-0.05, 0) is 48.0 Å². The minimum atomic E-state index is -0.533. The van der Waals surface area contributed by atoms with Crippen LogP contribution in [0.4, 0.5) is 4.39 Å². The molecule has 7 nitrogen and oxygen atoms in total. The zero-order chi connectivity index (χ0) is 25.8. The van der Waals surface area contributed by atoms with E-state index in [1.807, 2.05) is 24.3 Å². The third kappa shape index (κ3) is 5.58. The van der Waals surface area contributed by atoms with Gasteiger partial charge in [0.05, 0.1) is 17.8 Å². The second-order valence-electron chi connectivity index (χ2n) is 7.89. The van der Waals surface area contributed by atoms with Crippen molar-refractivity contribution in [3.63, 3.8) is 0 Å². The van der Waals surface area contributed by atoms with E-state index in [0.29, 0.717) is 26.8 Å². The minimum absolute atomic E-state index is 0.149. The molecule has 1 amide bonds. The maximum absolute atomic E-state index is 13.8. The zero-order valence-electron chi connectivity index (χ0n) is 19.1. The number of hydrazone groups is 1. The highest BCUT2D eigenvalue weighted by atomic mass is 35.5. The van der Waals surface area contributed by atoms with Crippen molar-refractivity contribution in [1.29, 1.82) is 0 Å². The summed E-state index contributed by atoms with van der Waals surface area (Å²) in [5, 5.41) is 9.29. The first-order chi connectivity index (χ1) is 18.0. The molecule has 37 heavy (non-hydrogen) atoms. The van der Waals surface area contributed by atoms with E-state index >= 15 is 0 Å². The molecule has 2 heterocycles. The number of fused-ring (bicyclic) bond motifs is 1. The van der Waals surface area contributed by atoms with Crippen LogP contribution in [0.25, 0.3) is 10.1 Å². The van der Waals surface area contributed by atoms with Gasteiger partial charge in [-0.1, -0.05) is 48.0 Å². The van der Waals surface area contributed by atoms with Gasteiger partial charge in [0, 0.05) is 21.8 Å². The quantitative estimate of drug-likeness (QED) is 0.122. The van der Waals surface area contributed by atoms with Gasteiger partial charge in [0.25, 0.3) is 5.91 Å². The minimum Gasteiger partial charge on any atom is -0.422 e. The average molecular weight is 533 g/mol. The van der Waals surface area contributed by atoms with Crippen molar-refractivity contribution in [3.05, 3.63) is 118 Å². The van der Waals surface area contributed by atoms with Gasteiger partial charge in [-0.2, -0.15) is 10.2 Å². The largest absolute Gasteiger partial charge is 0.422 e. The average Bonchev–Trinajstić information content (AvgIpc) is 3.51. The van der Waals surface area contributed by atoms with Gasteiger partial charge in [0.1, 0.15) is 16.4 Å². The predicted molar refractivity (Wildman–Crippen MR) is 141 cm³/mol. The number of amides is 1. The van der Waals surface area contributed by atoms with Gasteiger partial charge in [0.15, 0.2) is 5.69 Å². The second kappa shape index (κ2) is 10.7. The molecule has 2 aromatic heterocycles. The molecule has 0 aliphatic heterocycles. The van der Waals surface area contributed by atoms with E-state index < -0.39 is 11.9 Å². The smallest absolute Gasteiger partial charge is 0.355 e. The maximum atomic E-state index is 13.8. The van der Waals surface area contributed by atoms with Crippen LogP contribution in [-0.2, 0) is 6.54 Å². The molecule has 1 N–H and O–H groups in total. The highest BCUT2D eigenvalue weighted by Gasteiger charge is 2.19. The molecular weight excluding hydrogens is 515 g/mol. The van der Waals surface area contributed by atoms with E-state index in [4.69, 9.17) is 16.3 Å². The number of esters is 1. The van der Waals surface area contributed by atoms with Gasteiger partial charge >= 0.3 is 5.97 Å². The van der Waals surface area contributed by atoms with Crippen LogP contribution >= 0.6 is 22.9 Å². The van der Waals surface area contributed by atoms with Crippen molar-refractivity contribution in [2.24, 2.45) is 5.10 Å². The summed E-state index contributed by atoms with van der Waals surface area (Å²) in [7, 11) is 0. The number of carbonyl (C=O) groups excluding carboxylic acids is 2. The van der Waals surface area contributed by atoms with E-state index in [9.17, 15) is 14.0 Å². The highest BCUT2D eigenvalue weighted by molar-refractivity contribution is 7.21. The first-order valence-corrected chi connectivity index (χ1v) is 12.3. The van der Waals surface area contributed by atoms with Gasteiger partial charge in [0.2, 0.25) is 0 Å². The number of rotatable bonds is 7. The molecule has 10 heteroatoms. The number of nitrogens with zero attached hydrogens (tertiary/aromatic N) is 3. The molecule has 0 spiro atoms. The Hall–Kier alpha value is -4.34. The van der Waals surface area contributed by atoms with E-state index in [1.165, 1.54) is 34.4 Å². The zero-order valence-corrected chi connectivity index (χ0v) is 20.7. The predicted octanol–water partition coefficient (Wildman–Crippen LogP) is 5.92. The van der Waals surface area contributed by atoms with Gasteiger partial charge in [-0.3, -0.25) is 9.48 Å². The first-order valence-electron chi connectivity index (χ1n) is 11.1. The monoisotopic (exact) mass is 532 g/mol. The lowest BCUT2D eigenvalue weighted by Crippen LogP contribution is -2.18. The fraction of sp³-hybridized carbons (Fsp3) is 0.0370. The molecule has 184 valence electrons. The van der Waals surface area contributed by atoms with Crippen LogP contribution in [0.5, 0.6) is 5.75 Å². The molecule has 0 unspecified atom stereocenters. The number of hydrogen-bond acceptors (Lipinski definition) is 6. The molecular formula is C27H18ClFN4O3S. The molecule has 0 aliphatic carbocycles. The Morgan fingerprint density at radius 3 is 2.59 bits per heavy atom. The lowest BCUT2D eigenvalue weighted by Gasteiger charge is -2.03. The Labute approximate surface area is 219 Å². The molecule has 0 saturated carbocycles. The Balaban J connectivity index is 1.16. The van der Waals surface area contributed by atoms with Crippen molar-refractivity contribution in [2.75, 3.05) is 0 Å². The Kier molecular flexibility index (Phi) is 7.07. The van der Waals surface area contributed by atoms with Gasteiger partial charge in [-0.25, -0.2) is 14.6 Å². The number of halogens is 2. The molecule has 5 rings (SSSR count). The number of hydrogen-bond donors (Lipinski definition) is 1. The number of carbonyl (C=O) groups is 2. The second-order valence-corrected chi connectivity index (χ2v) is 9.32. The van der Waals surface area contributed by atoms with Crippen molar-refractivity contribution in [3.8, 4) is 5.75 Å². The summed E-state index contributed by atoms with van der Waals surface area (Å²) in [4.78, 5) is 25.3. The normalized spacial score (nSPS) is 11.2. The lowest BCUT2D eigenvalue weighted by molar-refractivity contribution is 0.0739. The van der Waals surface area contributed by atoms with Crippen LogP contribution in [0, 0.1) is 5.82 Å². The van der Waals surface area contributed by atoms with Crippen LogP contribution in [0.3, 0.4) is 0 Å². The van der Waals surface area contributed by atoms with Gasteiger partial charge < -0.3 is 4.74 Å². The summed E-state index contributed by atoms with van der Waals surface area (Å²) < 4.78 is 21.7. The molecule has 0 bridgehead atoms. The number of benzene rings is 3. The number of ether oxygens (including phenoxy) is 1. The van der Waals surface area contributed by atoms with Crippen molar-refractivity contribution >= 4 is 51.1 Å². The third-order valence-corrected chi connectivity index (χ3v) is 7.01. The topological polar surface area (TPSA) is 85.6 Å². The first kappa shape index (κ1) is 24.4. The SMILES string of the molecule is O=C(N/N=C/c1ccc(OC(=O)c2sc3ccccc3c2Cl)cc1)c1ccn(Cc2ccccc2F)n1. The van der Waals surface area contributed by atoms with E-state index in [2.05, 4.69) is 15.6 Å². The van der Waals surface area contributed by atoms with Crippen molar-refractivity contribution in [2.45, 2.75) is 6.54 Å². The lowest BCUT2D eigenvalue weighted by atomic mass is 10.2. The van der Waals surface area contributed by atoms with Crippen LogP contribution in [0.1, 0.15) is 31.3 Å². The van der Waals surface area contributed by atoms with E-state index in [1.54, 1.807) is 48.7 Å². The van der Waals surface area contributed by atoms with Crippen LogP contribution < -0.4 is 10.2 Å². The summed E-state index contributed by atoms with van der Waals surface area (Å²) in [6.45, 7) is 0.204. The molecule has 5 aromatic rings. The van der Waals surface area contributed by atoms with E-state index in [0.717, 1.165) is 10.1 Å². The van der Waals surface area contributed by atoms with Crippen molar-refractivity contribution in [1.82, 2.24) is 15.2 Å². The molecule has 0 atom stereocenters. The number of nitrogens with one attached hydrogen (secondary N) is 1. The summed E-state index contributed by atoms with van der Waals surface area (Å²) in [5.41, 5.74) is 3.69. The highest BCUT2D eigenvalue weighted by Crippen LogP contribution is 2.35. The molecule has 0 fully saturated rings. The van der Waals surface area contributed by atoms with Crippen molar-refractivity contribution < 1.29 is 18.7 Å². The molecule has 0 radical (unpaired) electrons. The summed E-state index contributed by atoms with van der Waals surface area (Å²) in [6.07, 6.45) is 3.04. The van der Waals surface area contributed by atoms with Crippen LogP contribution in [0.15, 0.2) is 90.2 Å². The number of thiophene rings is 1. The van der Waals surface area contributed by atoms with Gasteiger partial charge in [-0.15, -0.1) is 11.3 Å². The molecule has 0 aliphatic rings. The number of aromatic nitrogens is 2. The van der Waals surface area contributed by atoms with Crippen LogP contribution in [0.2, 0.25) is 5.02 Å².